The van der Waals surface area contributed by atoms with Gasteiger partial charge in [-0.2, -0.15) is 4.68 Å². The normalized spacial score (nSPS) is 10.6. The molecule has 0 aliphatic heterocycles. The smallest absolute Gasteiger partial charge is 0.234 e. The fourth-order valence-corrected chi connectivity index (χ4v) is 3.24. The molecular weight excluding hydrogens is 437 g/mol. The van der Waals surface area contributed by atoms with Gasteiger partial charge in [-0.1, -0.05) is 35.5 Å². The number of nitrogens with zero attached hydrogens (tertiary/aromatic N) is 4. The van der Waals surface area contributed by atoms with Gasteiger partial charge in [-0.05, 0) is 70.3 Å². The largest absolute Gasteiger partial charge is 0.325 e. The minimum atomic E-state index is -0.0968. The van der Waals surface area contributed by atoms with Gasteiger partial charge >= 0.3 is 0 Å². The molecule has 1 aromatic heterocycles. The number of carbonyl (C=O) groups is 1. The summed E-state index contributed by atoms with van der Waals surface area (Å²) in [5.41, 5.74) is 2.81. The Hall–Kier alpha value is -1.94. The predicted octanol–water partition coefficient (Wildman–Crippen LogP) is 3.31. The first kappa shape index (κ1) is 16.9. The summed E-state index contributed by atoms with van der Waals surface area (Å²) in [4.78, 5) is 12.1. The van der Waals surface area contributed by atoms with Crippen LogP contribution in [0.5, 0.6) is 0 Å². The highest BCUT2D eigenvalue weighted by molar-refractivity contribution is 14.1. The van der Waals surface area contributed by atoms with Crippen molar-refractivity contribution in [1.82, 2.24) is 20.2 Å². The van der Waals surface area contributed by atoms with Crippen LogP contribution < -0.4 is 5.32 Å². The standard InChI is InChI=1S/C16H14IN5OS/c1-11-5-7-14(8-6-11)22-16(19-20-21-22)24-10-15(23)18-13-4-2-3-12(17)9-13/h2-9H,10H2,1H3,(H,18,23). The molecule has 0 aliphatic carbocycles. The molecule has 0 atom stereocenters. The highest BCUT2D eigenvalue weighted by Gasteiger charge is 2.11. The molecule has 0 bridgehead atoms. The van der Waals surface area contributed by atoms with Gasteiger partial charge in [0.15, 0.2) is 0 Å². The number of aromatic nitrogens is 4. The van der Waals surface area contributed by atoms with E-state index in [4.69, 9.17) is 0 Å². The molecule has 0 radical (unpaired) electrons. The molecule has 6 nitrogen and oxygen atoms in total. The Morgan fingerprint density at radius 2 is 2.04 bits per heavy atom. The summed E-state index contributed by atoms with van der Waals surface area (Å²) in [6.45, 7) is 2.02. The summed E-state index contributed by atoms with van der Waals surface area (Å²) in [5.74, 6) is 0.137. The van der Waals surface area contributed by atoms with Gasteiger partial charge in [0.1, 0.15) is 0 Å². The Morgan fingerprint density at radius 3 is 2.79 bits per heavy atom. The fourth-order valence-electron chi connectivity index (χ4n) is 2.01. The molecule has 3 rings (SSSR count). The summed E-state index contributed by atoms with van der Waals surface area (Å²) in [6.07, 6.45) is 0. The number of hydrogen-bond acceptors (Lipinski definition) is 5. The van der Waals surface area contributed by atoms with E-state index in [1.54, 1.807) is 4.68 Å². The summed E-state index contributed by atoms with van der Waals surface area (Å²) in [5, 5.41) is 15.1. The van der Waals surface area contributed by atoms with Gasteiger partial charge in [0.2, 0.25) is 11.1 Å². The number of anilines is 1. The Morgan fingerprint density at radius 1 is 1.25 bits per heavy atom. The van der Waals surface area contributed by atoms with Crippen molar-refractivity contribution in [3.8, 4) is 5.69 Å². The summed E-state index contributed by atoms with van der Waals surface area (Å²) in [6, 6.07) is 15.5. The van der Waals surface area contributed by atoms with E-state index in [2.05, 4.69) is 43.4 Å². The maximum Gasteiger partial charge on any atom is 0.234 e. The average molecular weight is 451 g/mol. The lowest BCUT2D eigenvalue weighted by molar-refractivity contribution is -0.113. The Labute approximate surface area is 157 Å². The van der Waals surface area contributed by atoms with E-state index >= 15 is 0 Å². The lowest BCUT2D eigenvalue weighted by atomic mass is 10.2. The van der Waals surface area contributed by atoms with Crippen LogP contribution in [0, 0.1) is 10.5 Å². The molecule has 2 aromatic carbocycles. The van der Waals surface area contributed by atoms with Crippen LogP contribution in [0.2, 0.25) is 0 Å². The third kappa shape index (κ3) is 4.32. The zero-order valence-electron chi connectivity index (χ0n) is 12.8. The lowest BCUT2D eigenvalue weighted by Gasteiger charge is -2.06. The second-order valence-corrected chi connectivity index (χ2v) is 7.24. The molecule has 8 heteroatoms. The van der Waals surface area contributed by atoms with Crippen LogP contribution in [0.3, 0.4) is 0 Å². The topological polar surface area (TPSA) is 72.7 Å². The molecule has 1 N–H and O–H groups in total. The summed E-state index contributed by atoms with van der Waals surface area (Å²) in [7, 11) is 0. The van der Waals surface area contributed by atoms with Gasteiger partial charge in [-0.25, -0.2) is 0 Å². The van der Waals surface area contributed by atoms with Crippen molar-refractivity contribution < 1.29 is 4.79 Å². The molecule has 1 amide bonds. The molecule has 0 aliphatic rings. The first-order valence-electron chi connectivity index (χ1n) is 7.15. The van der Waals surface area contributed by atoms with Crippen LogP contribution in [0.25, 0.3) is 5.69 Å². The van der Waals surface area contributed by atoms with Crippen LogP contribution in [0.4, 0.5) is 5.69 Å². The van der Waals surface area contributed by atoms with Gasteiger partial charge in [0, 0.05) is 9.26 Å². The van der Waals surface area contributed by atoms with Gasteiger partial charge in [-0.3, -0.25) is 4.79 Å². The van der Waals surface area contributed by atoms with Crippen LogP contribution in [-0.2, 0) is 4.79 Å². The van der Waals surface area contributed by atoms with Crippen LogP contribution in [-0.4, -0.2) is 31.9 Å². The fraction of sp³-hybridized carbons (Fsp3) is 0.125. The third-order valence-electron chi connectivity index (χ3n) is 3.16. The van der Waals surface area contributed by atoms with Crippen molar-refractivity contribution in [2.75, 3.05) is 11.1 Å². The Kier molecular flexibility index (Phi) is 5.46. The first-order valence-corrected chi connectivity index (χ1v) is 9.22. The minimum Gasteiger partial charge on any atom is -0.325 e. The van der Waals surface area contributed by atoms with Crippen molar-refractivity contribution in [3.05, 3.63) is 57.7 Å². The molecule has 0 saturated heterocycles. The number of thioether (sulfide) groups is 1. The third-order valence-corrected chi connectivity index (χ3v) is 4.75. The second kappa shape index (κ2) is 7.75. The number of carbonyl (C=O) groups excluding carboxylic acids is 1. The van der Waals surface area contributed by atoms with E-state index in [-0.39, 0.29) is 11.7 Å². The molecule has 1 heterocycles. The highest BCUT2D eigenvalue weighted by Crippen LogP contribution is 2.19. The second-order valence-electron chi connectivity index (χ2n) is 5.06. The molecule has 24 heavy (non-hydrogen) atoms. The Bertz CT molecular complexity index is 850. The quantitative estimate of drug-likeness (QED) is 0.476. The van der Waals surface area contributed by atoms with Crippen molar-refractivity contribution in [1.29, 1.82) is 0 Å². The van der Waals surface area contributed by atoms with Gasteiger partial charge < -0.3 is 5.32 Å². The van der Waals surface area contributed by atoms with E-state index in [9.17, 15) is 4.79 Å². The van der Waals surface area contributed by atoms with Crippen molar-refractivity contribution in [3.63, 3.8) is 0 Å². The minimum absolute atomic E-state index is 0.0968. The molecule has 0 unspecified atom stereocenters. The lowest BCUT2D eigenvalue weighted by Crippen LogP contribution is -2.14. The number of benzene rings is 2. The number of amides is 1. The number of tetrazole rings is 1. The van der Waals surface area contributed by atoms with Crippen LogP contribution >= 0.6 is 34.4 Å². The van der Waals surface area contributed by atoms with Crippen molar-refractivity contribution in [2.45, 2.75) is 12.1 Å². The van der Waals surface area contributed by atoms with Crippen molar-refractivity contribution >= 4 is 45.9 Å². The van der Waals surface area contributed by atoms with E-state index in [1.807, 2.05) is 55.5 Å². The Balaban J connectivity index is 1.64. The average Bonchev–Trinajstić information content (AvgIpc) is 3.02. The molecular formula is C16H14IN5OS. The highest BCUT2D eigenvalue weighted by atomic mass is 127. The number of hydrogen-bond donors (Lipinski definition) is 1. The molecule has 0 spiro atoms. The van der Waals surface area contributed by atoms with E-state index in [1.165, 1.54) is 11.8 Å². The SMILES string of the molecule is Cc1ccc(-n2nnnc2SCC(=O)Nc2cccc(I)c2)cc1. The first-order chi connectivity index (χ1) is 11.6. The number of halogens is 1. The zero-order chi connectivity index (χ0) is 16.9. The number of rotatable bonds is 5. The molecule has 122 valence electrons. The van der Waals surface area contributed by atoms with Gasteiger partial charge in [0.05, 0.1) is 11.4 Å². The molecule has 3 aromatic rings. The summed E-state index contributed by atoms with van der Waals surface area (Å²) >= 11 is 3.51. The van der Waals surface area contributed by atoms with Crippen molar-refractivity contribution in [2.24, 2.45) is 0 Å². The van der Waals surface area contributed by atoms with E-state index in [0.717, 1.165) is 20.5 Å². The molecule has 0 saturated carbocycles. The maximum absolute atomic E-state index is 12.1. The van der Waals surface area contributed by atoms with E-state index < -0.39 is 0 Å². The molecule has 0 fully saturated rings. The predicted molar refractivity (Wildman–Crippen MR) is 102 cm³/mol. The zero-order valence-corrected chi connectivity index (χ0v) is 15.8. The van der Waals surface area contributed by atoms with Gasteiger partial charge in [-0.15, -0.1) is 5.10 Å². The summed E-state index contributed by atoms with van der Waals surface area (Å²) < 4.78 is 2.70. The maximum atomic E-state index is 12.1. The van der Waals surface area contributed by atoms with Gasteiger partial charge in [0.25, 0.3) is 0 Å². The van der Waals surface area contributed by atoms with E-state index in [0.29, 0.717) is 5.16 Å². The monoisotopic (exact) mass is 451 g/mol. The van der Waals surface area contributed by atoms with Crippen LogP contribution in [0.15, 0.2) is 53.7 Å². The number of nitrogens with one attached hydrogen (secondary N) is 1. The number of aryl methyl sites for hydroxylation is 1. The van der Waals surface area contributed by atoms with Crippen LogP contribution in [0.1, 0.15) is 5.56 Å².